The number of primary amides is 1. The smallest absolute Gasteiger partial charge is 0.366 e. The standard InChI is InChI=1S/C17H17F3N2O4S/c1-27(24,25)26-16(15(21)23)22-10-11-2-4-12(5-3-11)13-6-8-14(9-7-13)17(18,19)20/h2-9,16,22H,10H2,1H3,(H2,21,23)/t16-/m1/s1. The molecule has 0 unspecified atom stereocenters. The van der Waals surface area contributed by atoms with E-state index in [0.29, 0.717) is 16.7 Å². The van der Waals surface area contributed by atoms with Crippen molar-refractivity contribution in [2.24, 2.45) is 5.73 Å². The lowest BCUT2D eigenvalue weighted by Gasteiger charge is -2.14. The molecule has 10 heteroatoms. The zero-order valence-corrected chi connectivity index (χ0v) is 15.0. The lowest BCUT2D eigenvalue weighted by atomic mass is 10.0. The SMILES string of the molecule is CS(=O)(=O)O[C@@H](NCc1ccc(-c2ccc(C(F)(F)F)cc2)cc1)C(N)=O. The summed E-state index contributed by atoms with van der Waals surface area (Å²) in [5.74, 6) is -0.984. The number of halogens is 3. The van der Waals surface area contributed by atoms with Gasteiger partial charge in [0.2, 0.25) is 6.23 Å². The van der Waals surface area contributed by atoms with Crippen LogP contribution in [-0.2, 0) is 31.8 Å². The Morgan fingerprint density at radius 2 is 1.56 bits per heavy atom. The minimum absolute atomic E-state index is 0.0937. The first-order chi connectivity index (χ1) is 12.5. The fraction of sp³-hybridized carbons (Fsp3) is 0.235. The van der Waals surface area contributed by atoms with Gasteiger partial charge in [-0.3, -0.25) is 10.1 Å². The Labute approximate surface area is 154 Å². The van der Waals surface area contributed by atoms with Crippen molar-refractivity contribution in [3.63, 3.8) is 0 Å². The van der Waals surface area contributed by atoms with Crippen LogP contribution >= 0.6 is 0 Å². The molecule has 0 radical (unpaired) electrons. The molecule has 146 valence electrons. The average Bonchev–Trinajstić information content (AvgIpc) is 2.57. The van der Waals surface area contributed by atoms with Crippen LogP contribution in [0.3, 0.4) is 0 Å². The summed E-state index contributed by atoms with van der Waals surface area (Å²) in [6, 6.07) is 11.5. The Bertz CT molecular complexity index is 895. The van der Waals surface area contributed by atoms with E-state index >= 15 is 0 Å². The largest absolute Gasteiger partial charge is 0.416 e. The van der Waals surface area contributed by atoms with Gasteiger partial charge in [0.15, 0.2) is 0 Å². The minimum Gasteiger partial charge on any atom is -0.366 e. The highest BCUT2D eigenvalue weighted by atomic mass is 32.2. The summed E-state index contributed by atoms with van der Waals surface area (Å²) < 4.78 is 64.5. The monoisotopic (exact) mass is 402 g/mol. The topological polar surface area (TPSA) is 98.5 Å². The van der Waals surface area contributed by atoms with Gasteiger partial charge in [-0.05, 0) is 28.8 Å². The Morgan fingerprint density at radius 1 is 1.07 bits per heavy atom. The number of nitrogens with two attached hydrogens (primary N) is 1. The molecule has 0 aliphatic rings. The Morgan fingerprint density at radius 3 is 1.96 bits per heavy atom. The number of carbonyl (C=O) groups excluding carboxylic acids is 1. The van der Waals surface area contributed by atoms with E-state index in [2.05, 4.69) is 9.50 Å². The lowest BCUT2D eigenvalue weighted by molar-refractivity contribution is -0.137. The Kier molecular flexibility index (Phi) is 6.24. The second-order valence-electron chi connectivity index (χ2n) is 5.74. The molecule has 0 aliphatic carbocycles. The number of hydrogen-bond donors (Lipinski definition) is 2. The summed E-state index contributed by atoms with van der Waals surface area (Å²) in [7, 11) is -3.87. The van der Waals surface area contributed by atoms with Gasteiger partial charge in [-0.25, -0.2) is 4.18 Å². The molecule has 1 atom stereocenters. The predicted octanol–water partition coefficient (Wildman–Crippen LogP) is 2.25. The van der Waals surface area contributed by atoms with Crippen LogP contribution in [0, 0.1) is 0 Å². The molecule has 0 saturated carbocycles. The molecule has 2 aromatic rings. The van der Waals surface area contributed by atoms with Crippen molar-refractivity contribution in [2.75, 3.05) is 6.26 Å². The number of hydrogen-bond acceptors (Lipinski definition) is 5. The van der Waals surface area contributed by atoms with Crippen LogP contribution in [0.1, 0.15) is 11.1 Å². The zero-order chi connectivity index (χ0) is 20.2. The summed E-state index contributed by atoms with van der Waals surface area (Å²) >= 11 is 0. The number of carbonyl (C=O) groups is 1. The van der Waals surface area contributed by atoms with Gasteiger partial charge in [-0.15, -0.1) is 0 Å². The van der Waals surface area contributed by atoms with E-state index in [9.17, 15) is 26.4 Å². The van der Waals surface area contributed by atoms with Crippen LogP contribution in [-0.4, -0.2) is 26.8 Å². The van der Waals surface area contributed by atoms with Crippen molar-refractivity contribution >= 4 is 16.0 Å². The van der Waals surface area contributed by atoms with Gasteiger partial charge >= 0.3 is 6.18 Å². The van der Waals surface area contributed by atoms with Gasteiger partial charge in [-0.1, -0.05) is 36.4 Å². The van der Waals surface area contributed by atoms with Crippen molar-refractivity contribution < 1.29 is 30.6 Å². The summed E-state index contributed by atoms with van der Waals surface area (Å²) in [6.07, 6.45) is -5.10. The number of benzene rings is 2. The molecule has 3 N–H and O–H groups in total. The van der Waals surface area contributed by atoms with Crippen molar-refractivity contribution in [3.8, 4) is 11.1 Å². The molecule has 0 aliphatic heterocycles. The van der Waals surface area contributed by atoms with Crippen molar-refractivity contribution in [1.82, 2.24) is 5.32 Å². The zero-order valence-electron chi connectivity index (χ0n) is 14.2. The molecule has 0 spiro atoms. The van der Waals surface area contributed by atoms with E-state index in [1.807, 2.05) is 0 Å². The summed E-state index contributed by atoms with van der Waals surface area (Å²) in [5.41, 5.74) is 6.35. The maximum Gasteiger partial charge on any atom is 0.416 e. The summed E-state index contributed by atoms with van der Waals surface area (Å²) in [6.45, 7) is 0.0937. The van der Waals surface area contributed by atoms with Crippen LogP contribution in [0.15, 0.2) is 48.5 Å². The van der Waals surface area contributed by atoms with Crippen molar-refractivity contribution in [1.29, 1.82) is 0 Å². The van der Waals surface area contributed by atoms with E-state index in [4.69, 9.17) is 5.73 Å². The normalized spacial score (nSPS) is 13.3. The average molecular weight is 402 g/mol. The van der Waals surface area contributed by atoms with Gasteiger partial charge < -0.3 is 5.73 Å². The Balaban J connectivity index is 2.05. The molecule has 0 saturated heterocycles. The minimum atomic E-state index is -4.39. The molecule has 0 heterocycles. The van der Waals surface area contributed by atoms with Crippen LogP contribution in [0.5, 0.6) is 0 Å². The van der Waals surface area contributed by atoms with Gasteiger partial charge in [0.1, 0.15) is 0 Å². The quantitative estimate of drug-likeness (QED) is 0.547. The van der Waals surface area contributed by atoms with E-state index in [1.165, 1.54) is 12.1 Å². The Hall–Kier alpha value is -2.43. The highest BCUT2D eigenvalue weighted by Gasteiger charge is 2.29. The van der Waals surface area contributed by atoms with Gasteiger partial charge in [0.05, 0.1) is 11.8 Å². The first-order valence-electron chi connectivity index (χ1n) is 7.63. The molecular weight excluding hydrogens is 385 g/mol. The molecule has 0 bridgehead atoms. The van der Waals surface area contributed by atoms with Crippen LogP contribution in [0.2, 0.25) is 0 Å². The highest BCUT2D eigenvalue weighted by Crippen LogP contribution is 2.31. The molecule has 0 aromatic heterocycles. The number of rotatable bonds is 7. The molecule has 6 nitrogen and oxygen atoms in total. The molecule has 1 amide bonds. The van der Waals surface area contributed by atoms with Gasteiger partial charge in [0.25, 0.3) is 16.0 Å². The lowest BCUT2D eigenvalue weighted by Crippen LogP contribution is -2.44. The molecule has 2 rings (SSSR count). The third-order valence-electron chi connectivity index (χ3n) is 3.52. The maximum absolute atomic E-state index is 12.6. The van der Waals surface area contributed by atoms with Crippen LogP contribution in [0.25, 0.3) is 11.1 Å². The predicted molar refractivity (Wildman–Crippen MR) is 92.6 cm³/mol. The first-order valence-corrected chi connectivity index (χ1v) is 9.45. The second kappa shape index (κ2) is 8.07. The van der Waals surface area contributed by atoms with Crippen LogP contribution < -0.4 is 11.1 Å². The van der Waals surface area contributed by atoms with Gasteiger partial charge in [-0.2, -0.15) is 21.6 Å². The second-order valence-corrected chi connectivity index (χ2v) is 7.34. The van der Waals surface area contributed by atoms with Crippen LogP contribution in [0.4, 0.5) is 13.2 Å². The maximum atomic E-state index is 12.6. The third kappa shape index (κ3) is 6.35. The highest BCUT2D eigenvalue weighted by molar-refractivity contribution is 7.86. The van der Waals surface area contributed by atoms with Gasteiger partial charge in [0, 0.05) is 6.54 Å². The first kappa shape index (κ1) is 20.9. The van der Waals surface area contributed by atoms with Crippen molar-refractivity contribution in [2.45, 2.75) is 18.9 Å². The summed E-state index contributed by atoms with van der Waals surface area (Å²) in [4.78, 5) is 11.2. The number of nitrogens with one attached hydrogen (secondary N) is 1. The third-order valence-corrected chi connectivity index (χ3v) is 4.06. The number of alkyl halides is 3. The molecule has 27 heavy (non-hydrogen) atoms. The van der Waals surface area contributed by atoms with Crippen molar-refractivity contribution in [3.05, 3.63) is 59.7 Å². The fourth-order valence-corrected chi connectivity index (χ4v) is 2.75. The molecular formula is C17H17F3N2O4S. The summed E-state index contributed by atoms with van der Waals surface area (Å²) in [5, 5.41) is 2.57. The van der Waals surface area contributed by atoms with E-state index in [1.54, 1.807) is 24.3 Å². The fourth-order valence-electron chi connectivity index (χ4n) is 2.23. The number of amides is 1. The molecule has 0 fully saturated rings. The molecule has 2 aromatic carbocycles. The van der Waals surface area contributed by atoms with E-state index in [0.717, 1.165) is 18.4 Å². The van der Waals surface area contributed by atoms with E-state index in [-0.39, 0.29) is 6.54 Å². The van der Waals surface area contributed by atoms with E-state index < -0.39 is 34.0 Å².